The van der Waals surface area contributed by atoms with Crippen molar-refractivity contribution < 1.29 is 14.3 Å². The molecule has 0 spiro atoms. The van der Waals surface area contributed by atoms with Gasteiger partial charge in [0.05, 0.1) is 12.5 Å². The highest BCUT2D eigenvalue weighted by atomic mass is 35.5. The molecule has 0 aromatic heterocycles. The van der Waals surface area contributed by atoms with Crippen LogP contribution in [0.25, 0.3) is 0 Å². The normalized spacial score (nSPS) is 14.6. The largest absolute Gasteiger partial charge is 0.456 e. The van der Waals surface area contributed by atoms with Crippen LogP contribution in [-0.2, 0) is 14.3 Å². The van der Waals surface area contributed by atoms with E-state index < -0.39 is 0 Å². The van der Waals surface area contributed by atoms with E-state index in [1.54, 1.807) is 24.3 Å². The van der Waals surface area contributed by atoms with Crippen molar-refractivity contribution in [2.45, 2.75) is 44.9 Å². The van der Waals surface area contributed by atoms with E-state index >= 15 is 0 Å². The monoisotopic (exact) mass is 362 g/mol. The summed E-state index contributed by atoms with van der Waals surface area (Å²) < 4.78 is 5.17. The van der Waals surface area contributed by atoms with Crippen molar-refractivity contribution in [1.82, 2.24) is 0 Å². The number of carbonyl (C=O) groups is 2. The van der Waals surface area contributed by atoms with E-state index in [2.05, 4.69) is 0 Å². The summed E-state index contributed by atoms with van der Waals surface area (Å²) in [5.74, 6) is -0.305. The summed E-state index contributed by atoms with van der Waals surface area (Å²) >= 11 is 5.98. The lowest BCUT2D eigenvalue weighted by atomic mass is 9.87. The highest BCUT2D eigenvalue weighted by Crippen LogP contribution is 2.26. The lowest BCUT2D eigenvalue weighted by Gasteiger charge is -2.23. The van der Waals surface area contributed by atoms with Crippen molar-refractivity contribution in [2.75, 3.05) is 18.1 Å². The number of esters is 1. The van der Waals surface area contributed by atoms with E-state index in [0.29, 0.717) is 23.0 Å². The third-order valence-electron chi connectivity index (χ3n) is 4.40. The highest BCUT2D eigenvalue weighted by molar-refractivity contribution is 6.30. The SMILES string of the molecule is N#CCCN(C(=O)COC(=O)CC1CCCCC1)c1cccc(Cl)c1. The minimum absolute atomic E-state index is 0.189. The first-order chi connectivity index (χ1) is 12.1. The van der Waals surface area contributed by atoms with Crippen molar-refractivity contribution in [3.8, 4) is 6.07 Å². The molecule has 1 aromatic carbocycles. The van der Waals surface area contributed by atoms with Gasteiger partial charge in [-0.1, -0.05) is 36.9 Å². The third-order valence-corrected chi connectivity index (χ3v) is 4.64. The molecule has 2 rings (SSSR count). The van der Waals surface area contributed by atoms with Gasteiger partial charge in [0.25, 0.3) is 5.91 Å². The van der Waals surface area contributed by atoms with Crippen molar-refractivity contribution in [2.24, 2.45) is 5.92 Å². The van der Waals surface area contributed by atoms with Crippen LogP contribution in [0.15, 0.2) is 24.3 Å². The van der Waals surface area contributed by atoms with Crippen LogP contribution in [0.1, 0.15) is 44.9 Å². The Bertz CT molecular complexity index is 636. The van der Waals surface area contributed by atoms with Crippen LogP contribution in [0.5, 0.6) is 0 Å². The Kier molecular flexibility index (Phi) is 7.75. The molecule has 134 valence electrons. The molecule has 0 unspecified atom stereocenters. The Morgan fingerprint density at radius 2 is 2.04 bits per heavy atom. The maximum absolute atomic E-state index is 12.5. The predicted molar refractivity (Wildman–Crippen MR) is 96.2 cm³/mol. The summed E-state index contributed by atoms with van der Waals surface area (Å²) in [6, 6.07) is 8.86. The van der Waals surface area contributed by atoms with E-state index in [-0.39, 0.29) is 31.4 Å². The molecule has 6 heteroatoms. The van der Waals surface area contributed by atoms with Gasteiger partial charge in [0.2, 0.25) is 0 Å². The molecule has 0 heterocycles. The van der Waals surface area contributed by atoms with Gasteiger partial charge in [-0.15, -0.1) is 0 Å². The van der Waals surface area contributed by atoms with Crippen LogP contribution in [0.2, 0.25) is 5.02 Å². The number of benzene rings is 1. The quantitative estimate of drug-likeness (QED) is 0.684. The summed E-state index contributed by atoms with van der Waals surface area (Å²) in [5, 5.41) is 9.30. The van der Waals surface area contributed by atoms with Gasteiger partial charge in [-0.3, -0.25) is 9.59 Å². The maximum atomic E-state index is 12.5. The topological polar surface area (TPSA) is 70.4 Å². The van der Waals surface area contributed by atoms with Gasteiger partial charge in [0, 0.05) is 23.7 Å². The molecule has 0 aliphatic heterocycles. The van der Waals surface area contributed by atoms with Gasteiger partial charge in [0.1, 0.15) is 0 Å². The number of ether oxygens (including phenoxy) is 1. The molecule has 0 N–H and O–H groups in total. The molecule has 0 radical (unpaired) electrons. The van der Waals surface area contributed by atoms with Gasteiger partial charge in [-0.05, 0) is 37.0 Å². The van der Waals surface area contributed by atoms with Gasteiger partial charge < -0.3 is 9.64 Å². The van der Waals surface area contributed by atoms with Crippen LogP contribution in [0.3, 0.4) is 0 Å². The molecule has 25 heavy (non-hydrogen) atoms. The second-order valence-corrected chi connectivity index (χ2v) is 6.74. The van der Waals surface area contributed by atoms with Crippen LogP contribution in [-0.4, -0.2) is 25.0 Å². The first-order valence-electron chi connectivity index (χ1n) is 8.68. The number of nitrogens with zero attached hydrogens (tertiary/aromatic N) is 2. The number of halogens is 1. The predicted octanol–water partition coefficient (Wildman–Crippen LogP) is 4.10. The Hall–Kier alpha value is -2.06. The first-order valence-corrected chi connectivity index (χ1v) is 9.06. The average Bonchev–Trinajstić information content (AvgIpc) is 2.61. The van der Waals surface area contributed by atoms with Crippen LogP contribution >= 0.6 is 11.6 Å². The molecule has 1 aliphatic carbocycles. The summed E-state index contributed by atoms with van der Waals surface area (Å²) in [5.41, 5.74) is 0.594. The fourth-order valence-corrected chi connectivity index (χ4v) is 3.29. The Labute approximate surface area is 153 Å². The van der Waals surface area contributed by atoms with Crippen molar-refractivity contribution in [3.63, 3.8) is 0 Å². The molecule has 5 nitrogen and oxygen atoms in total. The molecule has 0 bridgehead atoms. The summed E-state index contributed by atoms with van der Waals surface area (Å²) in [7, 11) is 0. The van der Waals surface area contributed by atoms with Gasteiger partial charge in [0.15, 0.2) is 6.61 Å². The van der Waals surface area contributed by atoms with Crippen molar-refractivity contribution in [1.29, 1.82) is 5.26 Å². The number of rotatable bonds is 7. The van der Waals surface area contributed by atoms with Crippen LogP contribution < -0.4 is 4.90 Å². The lowest BCUT2D eigenvalue weighted by molar-refractivity contribution is -0.149. The molecule has 1 amide bonds. The molecular weight excluding hydrogens is 340 g/mol. The molecular formula is C19H23ClN2O3. The summed E-state index contributed by atoms with van der Waals surface area (Å²) in [6.45, 7) is -0.0840. The number of anilines is 1. The number of hydrogen-bond acceptors (Lipinski definition) is 4. The van der Waals surface area contributed by atoms with Crippen LogP contribution in [0.4, 0.5) is 5.69 Å². The minimum Gasteiger partial charge on any atom is -0.456 e. The second-order valence-electron chi connectivity index (χ2n) is 6.30. The zero-order valence-electron chi connectivity index (χ0n) is 14.2. The van der Waals surface area contributed by atoms with Crippen LogP contribution in [0, 0.1) is 17.2 Å². The van der Waals surface area contributed by atoms with Gasteiger partial charge >= 0.3 is 5.97 Å². The van der Waals surface area contributed by atoms with Crippen molar-refractivity contribution in [3.05, 3.63) is 29.3 Å². The number of amides is 1. The standard InChI is InChI=1S/C19H23ClN2O3/c20-16-8-4-9-17(13-16)22(11-5-10-21)18(23)14-25-19(24)12-15-6-2-1-3-7-15/h4,8-9,13,15H,1-3,5-7,11-12,14H2. The minimum atomic E-state index is -0.352. The summed E-state index contributed by atoms with van der Waals surface area (Å²) in [4.78, 5) is 25.9. The first kappa shape index (κ1) is 19.3. The average molecular weight is 363 g/mol. The fraction of sp³-hybridized carbons (Fsp3) is 0.526. The number of carbonyl (C=O) groups excluding carboxylic acids is 2. The molecule has 0 atom stereocenters. The smallest absolute Gasteiger partial charge is 0.306 e. The zero-order chi connectivity index (χ0) is 18.1. The third kappa shape index (κ3) is 6.39. The van der Waals surface area contributed by atoms with Gasteiger partial charge in [-0.25, -0.2) is 0 Å². The zero-order valence-corrected chi connectivity index (χ0v) is 15.0. The van der Waals surface area contributed by atoms with E-state index in [1.165, 1.54) is 11.3 Å². The van der Waals surface area contributed by atoms with E-state index in [9.17, 15) is 9.59 Å². The fourth-order valence-electron chi connectivity index (χ4n) is 3.11. The lowest BCUT2D eigenvalue weighted by Crippen LogP contribution is -2.35. The number of hydrogen-bond donors (Lipinski definition) is 0. The van der Waals surface area contributed by atoms with E-state index in [1.807, 2.05) is 6.07 Å². The van der Waals surface area contributed by atoms with Gasteiger partial charge in [-0.2, -0.15) is 5.26 Å². The van der Waals surface area contributed by atoms with E-state index in [4.69, 9.17) is 21.6 Å². The molecule has 1 saturated carbocycles. The Balaban J connectivity index is 1.90. The molecule has 1 aliphatic rings. The highest BCUT2D eigenvalue weighted by Gasteiger charge is 2.21. The summed E-state index contributed by atoms with van der Waals surface area (Å²) in [6.07, 6.45) is 6.23. The Morgan fingerprint density at radius 1 is 1.28 bits per heavy atom. The maximum Gasteiger partial charge on any atom is 0.306 e. The molecule has 1 fully saturated rings. The molecule has 0 saturated heterocycles. The van der Waals surface area contributed by atoms with Crippen molar-refractivity contribution >= 4 is 29.2 Å². The van der Waals surface area contributed by atoms with E-state index in [0.717, 1.165) is 25.7 Å². The number of nitriles is 1. The second kappa shape index (κ2) is 10.0. The molecule has 1 aromatic rings. The Morgan fingerprint density at radius 3 is 2.72 bits per heavy atom.